The van der Waals surface area contributed by atoms with Crippen LogP contribution >= 0.6 is 0 Å². The number of rotatable bonds is 5. The average molecular weight is 546 g/mol. The maximum atomic E-state index is 13.3. The van der Waals surface area contributed by atoms with Crippen molar-refractivity contribution in [2.75, 3.05) is 6.61 Å². The summed E-state index contributed by atoms with van der Waals surface area (Å²) in [7, 11) is -4.06. The number of carboxylic acids is 1. The predicted molar refractivity (Wildman–Crippen MR) is 149 cm³/mol. The number of aromatic nitrogens is 1. The van der Waals surface area contributed by atoms with Gasteiger partial charge in [0.05, 0.1) is 22.7 Å². The molecule has 1 aliphatic heterocycles. The van der Waals surface area contributed by atoms with Crippen molar-refractivity contribution in [1.82, 2.24) is 4.57 Å². The first-order valence-electron chi connectivity index (χ1n) is 13.4. The number of aromatic carboxylic acids is 1. The Bertz CT molecular complexity index is 1650. The van der Waals surface area contributed by atoms with Gasteiger partial charge in [-0.2, -0.15) is 8.42 Å². The Hall–Kier alpha value is -3.62. The van der Waals surface area contributed by atoms with Crippen LogP contribution in [0.1, 0.15) is 59.5 Å². The minimum absolute atomic E-state index is 0.0264. The Balaban J connectivity index is 1.53. The van der Waals surface area contributed by atoms with Gasteiger partial charge in [-0.25, -0.2) is 4.79 Å². The fourth-order valence-electron chi connectivity index (χ4n) is 6.02. The van der Waals surface area contributed by atoms with Gasteiger partial charge in [0.2, 0.25) is 0 Å². The van der Waals surface area contributed by atoms with Gasteiger partial charge < -0.3 is 14.4 Å². The number of hydrogen-bond donors (Lipinski definition) is 1. The number of fused-ring (bicyclic) bond motifs is 5. The van der Waals surface area contributed by atoms with Gasteiger partial charge in [0.25, 0.3) is 10.1 Å². The first-order valence-corrected chi connectivity index (χ1v) is 14.8. The van der Waals surface area contributed by atoms with Crippen LogP contribution < -0.4 is 4.74 Å². The lowest BCUT2D eigenvalue weighted by molar-refractivity contribution is 0.0697. The summed E-state index contributed by atoms with van der Waals surface area (Å²) in [6, 6.07) is 19.6. The van der Waals surface area contributed by atoms with Gasteiger partial charge in [-0.05, 0) is 67.6 Å². The van der Waals surface area contributed by atoms with Crippen LogP contribution in [0.25, 0.3) is 22.2 Å². The standard InChI is InChI=1S/C31H31NO6S/c1-20-11-14-24(15-12-20)39(35,36)38-23-18-32-27-17-22(31(33)34)13-16-25(27)29(21-7-3-2-4-8-21)30(32)26-9-5-6-10-28(26)37-19-23/h5-6,9-17,21,23H,2-4,7-8,18-19H2,1H3,(H,33,34)/t23-/m0/s1. The molecular formula is C31H31NO6S. The van der Waals surface area contributed by atoms with Crippen LogP contribution in [0.4, 0.5) is 0 Å². The van der Waals surface area contributed by atoms with Crippen molar-refractivity contribution in [3.63, 3.8) is 0 Å². The summed E-state index contributed by atoms with van der Waals surface area (Å²) >= 11 is 0. The molecule has 3 aromatic carbocycles. The fraction of sp³-hybridized carbons (Fsp3) is 0.323. The largest absolute Gasteiger partial charge is 0.490 e. The van der Waals surface area contributed by atoms with E-state index in [1.165, 1.54) is 12.0 Å². The van der Waals surface area contributed by atoms with Crippen molar-refractivity contribution in [2.45, 2.75) is 62.5 Å². The molecule has 6 rings (SSSR count). The molecule has 0 spiro atoms. The van der Waals surface area contributed by atoms with Crippen molar-refractivity contribution in [1.29, 1.82) is 0 Å². The molecule has 1 aliphatic carbocycles. The second-order valence-electron chi connectivity index (χ2n) is 10.5. The van der Waals surface area contributed by atoms with Crippen LogP contribution in [0.15, 0.2) is 71.6 Å². The van der Waals surface area contributed by atoms with Crippen molar-refractivity contribution < 1.29 is 27.2 Å². The Morgan fingerprint density at radius 1 is 1.00 bits per heavy atom. The molecule has 2 heterocycles. The summed E-state index contributed by atoms with van der Waals surface area (Å²) in [5, 5.41) is 10.8. The summed E-state index contributed by atoms with van der Waals surface area (Å²) < 4.78 is 40.6. The number of nitrogens with zero attached hydrogens (tertiary/aromatic N) is 1. The number of benzene rings is 3. The van der Waals surface area contributed by atoms with E-state index in [2.05, 4.69) is 4.57 Å². The Kier molecular flexibility index (Phi) is 6.69. The molecule has 202 valence electrons. The molecule has 0 unspecified atom stereocenters. The molecule has 7 nitrogen and oxygen atoms in total. The molecule has 1 atom stereocenters. The van der Waals surface area contributed by atoms with E-state index in [-0.39, 0.29) is 23.6 Å². The molecule has 0 saturated heterocycles. The second kappa shape index (κ2) is 10.2. The highest BCUT2D eigenvalue weighted by Gasteiger charge is 2.32. The zero-order valence-electron chi connectivity index (χ0n) is 21.8. The zero-order chi connectivity index (χ0) is 27.1. The van der Waals surface area contributed by atoms with E-state index in [1.807, 2.05) is 37.3 Å². The Morgan fingerprint density at radius 3 is 2.49 bits per heavy atom. The van der Waals surface area contributed by atoms with Crippen molar-refractivity contribution in [3.05, 3.63) is 83.4 Å². The van der Waals surface area contributed by atoms with Gasteiger partial charge in [0, 0.05) is 16.5 Å². The van der Waals surface area contributed by atoms with E-state index in [9.17, 15) is 18.3 Å². The molecule has 0 bridgehead atoms. The van der Waals surface area contributed by atoms with E-state index in [4.69, 9.17) is 8.92 Å². The van der Waals surface area contributed by atoms with Crippen LogP contribution in [0.2, 0.25) is 0 Å². The SMILES string of the molecule is Cc1ccc(S(=O)(=O)O[C@@H]2COc3ccccc3-c3c(C4CCCCC4)c4ccc(C(=O)O)cc4n3C2)cc1. The number of aryl methyl sites for hydroxylation is 1. The second-order valence-corrected chi connectivity index (χ2v) is 12.1. The van der Waals surface area contributed by atoms with Gasteiger partial charge in [-0.1, -0.05) is 55.2 Å². The van der Waals surface area contributed by atoms with E-state index < -0.39 is 22.2 Å². The van der Waals surface area contributed by atoms with Gasteiger partial charge in [0.1, 0.15) is 18.5 Å². The molecule has 39 heavy (non-hydrogen) atoms. The third-order valence-corrected chi connectivity index (χ3v) is 9.26. The molecule has 4 aromatic rings. The lowest BCUT2D eigenvalue weighted by Gasteiger charge is -2.27. The van der Waals surface area contributed by atoms with Crippen LogP contribution in [-0.4, -0.2) is 36.8 Å². The van der Waals surface area contributed by atoms with E-state index in [0.717, 1.165) is 53.4 Å². The molecule has 1 aromatic heterocycles. The zero-order valence-corrected chi connectivity index (χ0v) is 22.6. The third kappa shape index (κ3) is 4.83. The summed E-state index contributed by atoms with van der Waals surface area (Å²) in [6.45, 7) is 2.12. The van der Waals surface area contributed by atoms with Gasteiger partial charge >= 0.3 is 5.97 Å². The number of ether oxygens (including phenoxy) is 1. The first kappa shape index (κ1) is 25.6. The van der Waals surface area contributed by atoms with E-state index in [0.29, 0.717) is 11.7 Å². The van der Waals surface area contributed by atoms with E-state index >= 15 is 0 Å². The van der Waals surface area contributed by atoms with E-state index in [1.54, 1.807) is 36.4 Å². The van der Waals surface area contributed by atoms with Crippen LogP contribution in [0, 0.1) is 6.92 Å². The average Bonchev–Trinajstić information content (AvgIpc) is 3.24. The maximum absolute atomic E-state index is 13.3. The van der Waals surface area contributed by atoms with Gasteiger partial charge in [-0.3, -0.25) is 4.18 Å². The van der Waals surface area contributed by atoms with Gasteiger partial charge in [0.15, 0.2) is 0 Å². The van der Waals surface area contributed by atoms with Crippen molar-refractivity contribution in [2.24, 2.45) is 0 Å². The number of carboxylic acid groups (broad SMARTS) is 1. The summed E-state index contributed by atoms with van der Waals surface area (Å²) in [4.78, 5) is 12.0. The minimum Gasteiger partial charge on any atom is -0.490 e. The molecule has 0 radical (unpaired) electrons. The molecule has 8 heteroatoms. The Morgan fingerprint density at radius 2 is 1.74 bits per heavy atom. The minimum atomic E-state index is -4.06. The smallest absolute Gasteiger partial charge is 0.335 e. The lowest BCUT2D eigenvalue weighted by Crippen LogP contribution is -2.31. The van der Waals surface area contributed by atoms with Crippen molar-refractivity contribution in [3.8, 4) is 17.0 Å². The number of carbonyl (C=O) groups is 1. The highest BCUT2D eigenvalue weighted by Crippen LogP contribution is 2.47. The molecule has 2 aliphatic rings. The molecule has 1 fully saturated rings. The molecular weight excluding hydrogens is 514 g/mol. The quantitative estimate of drug-likeness (QED) is 0.287. The topological polar surface area (TPSA) is 94.8 Å². The normalized spacial score (nSPS) is 18.0. The number of hydrogen-bond acceptors (Lipinski definition) is 5. The number of para-hydroxylation sites is 1. The van der Waals surface area contributed by atoms with Crippen molar-refractivity contribution >= 4 is 27.0 Å². The predicted octanol–water partition coefficient (Wildman–Crippen LogP) is 6.53. The summed E-state index contributed by atoms with van der Waals surface area (Å²) in [5.74, 6) is -0.0366. The van der Waals surface area contributed by atoms with Crippen LogP contribution in [0.3, 0.4) is 0 Å². The fourth-order valence-corrected chi connectivity index (χ4v) is 7.07. The van der Waals surface area contributed by atoms with Crippen LogP contribution in [-0.2, 0) is 20.8 Å². The monoisotopic (exact) mass is 545 g/mol. The highest BCUT2D eigenvalue weighted by atomic mass is 32.2. The summed E-state index contributed by atoms with van der Waals surface area (Å²) in [5.41, 5.74) is 4.97. The lowest BCUT2D eigenvalue weighted by atomic mass is 9.81. The maximum Gasteiger partial charge on any atom is 0.335 e. The highest BCUT2D eigenvalue weighted by molar-refractivity contribution is 7.86. The molecule has 1 saturated carbocycles. The Labute approximate surface area is 228 Å². The van der Waals surface area contributed by atoms with Gasteiger partial charge in [-0.15, -0.1) is 0 Å². The first-order chi connectivity index (χ1) is 18.8. The molecule has 0 amide bonds. The summed E-state index contributed by atoms with van der Waals surface area (Å²) in [6.07, 6.45) is 4.77. The molecule has 1 N–H and O–H groups in total. The van der Waals surface area contributed by atoms with Crippen LogP contribution in [0.5, 0.6) is 5.75 Å². The third-order valence-electron chi connectivity index (χ3n) is 7.89.